The molecular weight excluding hydrogens is 570 g/mol. The molecule has 45 heavy (non-hydrogen) atoms. The number of pyridine rings is 1. The van der Waals surface area contributed by atoms with E-state index in [0.29, 0.717) is 54.1 Å². The fourth-order valence-corrected chi connectivity index (χ4v) is 6.19. The van der Waals surface area contributed by atoms with E-state index in [1.54, 1.807) is 55.5 Å². The van der Waals surface area contributed by atoms with Crippen LogP contribution in [0.25, 0.3) is 0 Å². The van der Waals surface area contributed by atoms with Gasteiger partial charge < -0.3 is 19.7 Å². The summed E-state index contributed by atoms with van der Waals surface area (Å²) in [6.45, 7) is 5.43. The monoisotopic (exact) mass is 609 g/mol. The topological polar surface area (TPSA) is 125 Å². The largest absolute Gasteiger partial charge is 0.497 e. The lowest BCUT2D eigenvalue weighted by atomic mass is 9.88. The number of nitrogens with zero attached hydrogens (tertiary/aromatic N) is 4. The first-order valence-corrected chi connectivity index (χ1v) is 15.3. The summed E-state index contributed by atoms with van der Waals surface area (Å²) in [6, 6.07) is 18.2. The van der Waals surface area contributed by atoms with Gasteiger partial charge in [0.05, 0.1) is 25.3 Å². The van der Waals surface area contributed by atoms with Crippen LogP contribution in [0.15, 0.2) is 60.8 Å². The first kappa shape index (κ1) is 31.7. The van der Waals surface area contributed by atoms with Gasteiger partial charge in [-0.3, -0.25) is 24.3 Å². The first-order valence-electron chi connectivity index (χ1n) is 15.3. The number of hydrogen-bond donors (Lipinski definition) is 1. The Bertz CT molecular complexity index is 1560. The number of aromatic nitrogens is 1. The Morgan fingerprint density at radius 1 is 0.956 bits per heavy atom. The molecule has 234 valence electrons. The molecular formula is C35H39N5O5. The molecule has 0 radical (unpaired) electrons. The second-order valence-corrected chi connectivity index (χ2v) is 11.8. The fourth-order valence-electron chi connectivity index (χ4n) is 6.19. The summed E-state index contributed by atoms with van der Waals surface area (Å²) in [5, 5.41) is 12.5. The van der Waals surface area contributed by atoms with Crippen LogP contribution in [-0.2, 0) is 6.54 Å². The van der Waals surface area contributed by atoms with Crippen molar-refractivity contribution in [3.05, 3.63) is 88.7 Å². The van der Waals surface area contributed by atoms with E-state index in [0.717, 1.165) is 31.6 Å². The van der Waals surface area contributed by atoms with Crippen LogP contribution in [0, 0.1) is 23.2 Å². The molecule has 10 nitrogen and oxygen atoms in total. The summed E-state index contributed by atoms with van der Waals surface area (Å²) in [7, 11) is 3.15. The number of carbonyl (C=O) groups is 3. The van der Waals surface area contributed by atoms with Crippen molar-refractivity contribution in [2.24, 2.45) is 11.8 Å². The summed E-state index contributed by atoms with van der Waals surface area (Å²) in [5.41, 5.74) is 2.92. The second-order valence-electron chi connectivity index (χ2n) is 11.8. The zero-order valence-electron chi connectivity index (χ0n) is 26.0. The summed E-state index contributed by atoms with van der Waals surface area (Å²) in [4.78, 5) is 47.5. The molecule has 3 heterocycles. The van der Waals surface area contributed by atoms with Crippen LogP contribution >= 0.6 is 0 Å². The molecule has 3 aromatic rings. The highest BCUT2D eigenvalue weighted by Crippen LogP contribution is 2.25. The molecule has 10 heteroatoms. The first-order chi connectivity index (χ1) is 21.8. The second kappa shape index (κ2) is 14.4. The van der Waals surface area contributed by atoms with Gasteiger partial charge in [0.25, 0.3) is 11.8 Å². The maximum absolute atomic E-state index is 13.1. The van der Waals surface area contributed by atoms with Crippen LogP contribution in [0.4, 0.5) is 0 Å². The van der Waals surface area contributed by atoms with Crippen LogP contribution in [0.1, 0.15) is 68.5 Å². The van der Waals surface area contributed by atoms with Crippen LogP contribution in [0.5, 0.6) is 11.5 Å². The molecule has 5 rings (SSSR count). The number of ether oxygens (including phenoxy) is 2. The van der Waals surface area contributed by atoms with Gasteiger partial charge in [0.1, 0.15) is 23.3 Å². The van der Waals surface area contributed by atoms with Crippen molar-refractivity contribution in [1.82, 2.24) is 20.1 Å². The van der Waals surface area contributed by atoms with Crippen LogP contribution in [0.3, 0.4) is 0 Å². The minimum atomic E-state index is -0.210. The maximum atomic E-state index is 13.1. The molecule has 2 amide bonds. The standard InChI is InChI=1S/C35H39N5O5/c1-23-21-39(22-24-4-11-32(45-3)28(18-24)19-36)15-14-30(23)38-34(42)27-7-10-31(37-20-27)35(43)40-16-12-26(13-17-40)33(41)25-5-8-29(44-2)9-6-25/h4-11,18,20,23,26,30H,12-17,21-22H2,1-3H3,(H,38,42)/t23-,30+/m0/s1. The number of likely N-dealkylation sites (tertiary alicyclic amines) is 2. The van der Waals surface area contributed by atoms with E-state index in [1.165, 1.54) is 6.20 Å². The quantitative estimate of drug-likeness (QED) is 0.355. The third-order valence-electron chi connectivity index (χ3n) is 8.87. The fraction of sp³-hybridized carbons (Fsp3) is 0.400. The van der Waals surface area contributed by atoms with E-state index in [1.807, 2.05) is 18.2 Å². The van der Waals surface area contributed by atoms with E-state index < -0.39 is 0 Å². The lowest BCUT2D eigenvalue weighted by Gasteiger charge is -2.37. The SMILES string of the molecule is COc1ccc(C(=O)C2CCN(C(=O)c3ccc(C(=O)N[C@@H]4CCN(Cc5ccc(OC)c(C#N)c5)C[C@@H]4C)cn3)CC2)cc1. The molecule has 0 saturated carbocycles. The van der Waals surface area contributed by atoms with Gasteiger partial charge >= 0.3 is 0 Å². The Morgan fingerprint density at radius 2 is 1.69 bits per heavy atom. The summed E-state index contributed by atoms with van der Waals surface area (Å²) >= 11 is 0. The molecule has 0 spiro atoms. The normalized spacial score (nSPS) is 18.9. The van der Waals surface area contributed by atoms with E-state index in [9.17, 15) is 19.6 Å². The van der Waals surface area contributed by atoms with Crippen LogP contribution in [-0.4, -0.2) is 78.8 Å². The number of methoxy groups -OCH3 is 2. The third kappa shape index (κ3) is 7.49. The molecule has 0 unspecified atom stereocenters. The molecule has 2 aliphatic heterocycles. The Kier molecular flexibility index (Phi) is 10.1. The van der Waals surface area contributed by atoms with Crippen molar-refractivity contribution < 1.29 is 23.9 Å². The molecule has 1 N–H and O–H groups in total. The van der Waals surface area contributed by atoms with Gasteiger partial charge in [-0.1, -0.05) is 13.0 Å². The van der Waals surface area contributed by atoms with Gasteiger partial charge in [0.2, 0.25) is 0 Å². The average molecular weight is 610 g/mol. The molecule has 0 aliphatic carbocycles. The van der Waals surface area contributed by atoms with Gasteiger partial charge in [0.15, 0.2) is 5.78 Å². The lowest BCUT2D eigenvalue weighted by molar-refractivity contribution is 0.0645. The highest BCUT2D eigenvalue weighted by molar-refractivity contribution is 5.99. The van der Waals surface area contributed by atoms with E-state index in [-0.39, 0.29) is 41.2 Å². The minimum Gasteiger partial charge on any atom is -0.497 e. The molecule has 2 saturated heterocycles. The summed E-state index contributed by atoms with van der Waals surface area (Å²) in [5.74, 6) is 1.05. The van der Waals surface area contributed by atoms with E-state index in [4.69, 9.17) is 9.47 Å². The smallest absolute Gasteiger partial charge is 0.272 e. The van der Waals surface area contributed by atoms with Gasteiger partial charge in [-0.25, -0.2) is 0 Å². The van der Waals surface area contributed by atoms with Gasteiger partial charge in [0, 0.05) is 56.4 Å². The number of amides is 2. The number of hydrogen-bond acceptors (Lipinski definition) is 8. The van der Waals surface area contributed by atoms with Crippen LogP contribution < -0.4 is 14.8 Å². The number of nitrogens with one attached hydrogen (secondary N) is 1. The Hall–Kier alpha value is -4.75. The number of ketones is 1. The maximum Gasteiger partial charge on any atom is 0.272 e. The van der Waals surface area contributed by atoms with E-state index >= 15 is 0 Å². The van der Waals surface area contributed by atoms with Gasteiger partial charge in [-0.05, 0) is 79.3 Å². The minimum absolute atomic E-state index is 0.0162. The molecule has 2 aliphatic rings. The molecule has 2 fully saturated rings. The Morgan fingerprint density at radius 3 is 2.31 bits per heavy atom. The van der Waals surface area contributed by atoms with Crippen molar-refractivity contribution in [2.45, 2.75) is 38.8 Å². The molecule has 1 aromatic heterocycles. The van der Waals surface area contributed by atoms with Gasteiger partial charge in [-0.15, -0.1) is 0 Å². The number of rotatable bonds is 9. The van der Waals surface area contributed by atoms with Crippen molar-refractivity contribution in [2.75, 3.05) is 40.4 Å². The summed E-state index contributed by atoms with van der Waals surface area (Å²) < 4.78 is 10.4. The highest BCUT2D eigenvalue weighted by atomic mass is 16.5. The third-order valence-corrected chi connectivity index (χ3v) is 8.87. The average Bonchev–Trinajstić information content (AvgIpc) is 3.09. The van der Waals surface area contributed by atoms with Crippen molar-refractivity contribution >= 4 is 17.6 Å². The predicted octanol–water partition coefficient (Wildman–Crippen LogP) is 4.35. The highest BCUT2D eigenvalue weighted by Gasteiger charge is 2.30. The van der Waals surface area contributed by atoms with Crippen molar-refractivity contribution in [3.8, 4) is 17.6 Å². The number of carbonyl (C=O) groups excluding carboxylic acids is 3. The zero-order chi connectivity index (χ0) is 31.9. The van der Waals surface area contributed by atoms with Gasteiger partial charge in [-0.2, -0.15) is 5.26 Å². The molecule has 0 bridgehead atoms. The Labute approximate surface area is 263 Å². The van der Waals surface area contributed by atoms with Crippen molar-refractivity contribution in [3.63, 3.8) is 0 Å². The predicted molar refractivity (Wildman–Crippen MR) is 168 cm³/mol. The molecule has 2 atom stereocenters. The van der Waals surface area contributed by atoms with Crippen LogP contribution in [0.2, 0.25) is 0 Å². The number of piperidine rings is 2. The number of nitriles is 1. The van der Waals surface area contributed by atoms with E-state index in [2.05, 4.69) is 28.2 Å². The Balaban J connectivity index is 1.09. The molecule has 2 aromatic carbocycles. The summed E-state index contributed by atoms with van der Waals surface area (Å²) in [6.07, 6.45) is 3.44. The zero-order valence-corrected chi connectivity index (χ0v) is 26.0. The number of Topliss-reactive ketones (excluding diaryl/α,β-unsaturated/α-hetero) is 1. The van der Waals surface area contributed by atoms with Crippen molar-refractivity contribution in [1.29, 1.82) is 5.26 Å². The lowest BCUT2D eigenvalue weighted by Crippen LogP contribution is -2.49. The number of benzene rings is 2.